The second-order valence-electron chi connectivity index (χ2n) is 7.74. The van der Waals surface area contributed by atoms with Crippen LogP contribution in [0.1, 0.15) is 30.7 Å². The Kier molecular flexibility index (Phi) is 6.88. The summed E-state index contributed by atoms with van der Waals surface area (Å²) in [6.07, 6.45) is 3.65. The molecule has 0 aliphatic carbocycles. The van der Waals surface area contributed by atoms with E-state index in [1.54, 1.807) is 25.1 Å². The van der Waals surface area contributed by atoms with E-state index in [9.17, 15) is 4.79 Å². The lowest BCUT2D eigenvalue weighted by Gasteiger charge is -2.25. The maximum atomic E-state index is 12.5. The standard InChI is InChI=1S/C24H26ClN3O2S/c1-16(27-21-14-20(30-2)13-17-8-4-10-26-23(17)21)6-5-11-28-22(29)15-31-24(28)18-7-3-9-19(25)12-18/h3-4,7-10,12-14,16,24,27H,5-6,11,15H2,1-2H3. The van der Waals surface area contributed by atoms with Crippen molar-refractivity contribution >= 4 is 45.9 Å². The summed E-state index contributed by atoms with van der Waals surface area (Å²) in [5, 5.41) is 5.37. The number of aromatic nitrogens is 1. The SMILES string of the molecule is COc1cc(NC(C)CCCN2C(=O)CSC2c2cccc(Cl)c2)c2ncccc2c1. The highest BCUT2D eigenvalue weighted by atomic mass is 35.5. The molecule has 3 aromatic rings. The van der Waals surface area contributed by atoms with Gasteiger partial charge in [-0.15, -0.1) is 11.8 Å². The average Bonchev–Trinajstić information content (AvgIpc) is 3.14. The Hall–Kier alpha value is -2.44. The van der Waals surface area contributed by atoms with Crippen LogP contribution in [0.4, 0.5) is 5.69 Å². The van der Waals surface area contributed by atoms with E-state index in [0.29, 0.717) is 10.8 Å². The van der Waals surface area contributed by atoms with Crippen LogP contribution in [0.3, 0.4) is 0 Å². The number of pyridine rings is 1. The molecule has 0 bridgehead atoms. The number of rotatable bonds is 8. The van der Waals surface area contributed by atoms with Crippen molar-refractivity contribution in [2.45, 2.75) is 31.2 Å². The van der Waals surface area contributed by atoms with Crippen LogP contribution in [0.25, 0.3) is 10.9 Å². The number of nitrogens with zero attached hydrogens (tertiary/aromatic N) is 2. The molecule has 1 aliphatic rings. The Morgan fingerprint density at radius 2 is 2.16 bits per heavy atom. The Balaban J connectivity index is 1.38. The Labute approximate surface area is 192 Å². The zero-order chi connectivity index (χ0) is 21.8. The number of thioether (sulfide) groups is 1. The molecule has 1 fully saturated rings. The van der Waals surface area contributed by atoms with Gasteiger partial charge in [0.1, 0.15) is 11.1 Å². The quantitative estimate of drug-likeness (QED) is 0.468. The number of hydrogen-bond acceptors (Lipinski definition) is 5. The third-order valence-corrected chi connectivity index (χ3v) is 6.95. The maximum Gasteiger partial charge on any atom is 0.233 e. The summed E-state index contributed by atoms with van der Waals surface area (Å²) in [4.78, 5) is 19.0. The van der Waals surface area contributed by atoms with Gasteiger partial charge in [0.05, 0.1) is 24.1 Å². The van der Waals surface area contributed by atoms with E-state index in [0.717, 1.165) is 47.3 Å². The van der Waals surface area contributed by atoms with E-state index in [1.165, 1.54) is 0 Å². The molecular formula is C24H26ClN3O2S. The zero-order valence-electron chi connectivity index (χ0n) is 17.7. The molecule has 7 heteroatoms. The minimum atomic E-state index is 0.0426. The number of anilines is 1. The molecule has 0 radical (unpaired) electrons. The number of amides is 1. The van der Waals surface area contributed by atoms with Crippen LogP contribution in [0.15, 0.2) is 54.7 Å². The topological polar surface area (TPSA) is 54.5 Å². The highest BCUT2D eigenvalue weighted by Gasteiger charge is 2.32. The van der Waals surface area contributed by atoms with Crippen molar-refractivity contribution < 1.29 is 9.53 Å². The Morgan fingerprint density at radius 1 is 1.29 bits per heavy atom. The first-order valence-electron chi connectivity index (χ1n) is 10.4. The summed E-state index contributed by atoms with van der Waals surface area (Å²) in [6.45, 7) is 2.88. The Morgan fingerprint density at radius 3 is 2.97 bits per heavy atom. The van der Waals surface area contributed by atoms with Crippen molar-refractivity contribution in [3.8, 4) is 5.75 Å². The van der Waals surface area contributed by atoms with Gasteiger partial charge in [-0.2, -0.15) is 0 Å². The molecule has 1 aliphatic heterocycles. The lowest BCUT2D eigenvalue weighted by atomic mass is 10.1. The van der Waals surface area contributed by atoms with Gasteiger partial charge >= 0.3 is 0 Å². The molecule has 5 nitrogen and oxygen atoms in total. The fourth-order valence-electron chi connectivity index (χ4n) is 3.93. The predicted octanol–water partition coefficient (Wildman–Crippen LogP) is 5.75. The van der Waals surface area contributed by atoms with Gasteiger partial charge in [0, 0.05) is 35.3 Å². The molecule has 1 saturated heterocycles. The number of nitrogens with one attached hydrogen (secondary N) is 1. The van der Waals surface area contributed by atoms with Crippen molar-refractivity contribution in [2.24, 2.45) is 0 Å². The molecular weight excluding hydrogens is 430 g/mol. The average molecular weight is 456 g/mol. The number of methoxy groups -OCH3 is 1. The molecule has 0 spiro atoms. The van der Waals surface area contributed by atoms with E-state index in [2.05, 4.69) is 17.2 Å². The summed E-state index contributed by atoms with van der Waals surface area (Å²) < 4.78 is 5.44. The Bertz CT molecular complexity index is 1080. The number of carbonyl (C=O) groups excluding carboxylic acids is 1. The molecule has 4 rings (SSSR count). The van der Waals surface area contributed by atoms with Crippen LogP contribution in [0.5, 0.6) is 5.75 Å². The molecule has 2 aromatic carbocycles. The van der Waals surface area contributed by atoms with Gasteiger partial charge in [-0.1, -0.05) is 29.8 Å². The summed E-state index contributed by atoms with van der Waals surface area (Å²) in [7, 11) is 1.67. The van der Waals surface area contributed by atoms with Crippen LogP contribution in [0.2, 0.25) is 5.02 Å². The minimum Gasteiger partial charge on any atom is -0.497 e. The van der Waals surface area contributed by atoms with Crippen LogP contribution >= 0.6 is 23.4 Å². The third-order valence-electron chi connectivity index (χ3n) is 5.45. The van der Waals surface area contributed by atoms with Crippen molar-refractivity contribution in [1.29, 1.82) is 0 Å². The summed E-state index contributed by atoms with van der Waals surface area (Å²) in [5.74, 6) is 1.52. The largest absolute Gasteiger partial charge is 0.497 e. The lowest BCUT2D eigenvalue weighted by Crippen LogP contribution is -2.30. The molecule has 1 amide bonds. The van der Waals surface area contributed by atoms with Crippen molar-refractivity contribution in [3.05, 3.63) is 65.3 Å². The second-order valence-corrected chi connectivity index (χ2v) is 9.25. The molecule has 2 atom stereocenters. The first-order chi connectivity index (χ1) is 15.0. The number of fused-ring (bicyclic) bond motifs is 1. The van der Waals surface area contributed by atoms with Gasteiger partial charge in [0.25, 0.3) is 0 Å². The van der Waals surface area contributed by atoms with Crippen molar-refractivity contribution in [2.75, 3.05) is 24.7 Å². The normalized spacial score (nSPS) is 17.2. The number of carbonyl (C=O) groups is 1. The van der Waals surface area contributed by atoms with Gasteiger partial charge in [-0.25, -0.2) is 0 Å². The van der Waals surface area contributed by atoms with Gasteiger partial charge < -0.3 is 15.0 Å². The van der Waals surface area contributed by atoms with E-state index in [4.69, 9.17) is 16.3 Å². The summed E-state index contributed by atoms with van der Waals surface area (Å²) in [6, 6.07) is 16.0. The number of benzene rings is 2. The predicted molar refractivity (Wildman–Crippen MR) is 129 cm³/mol. The molecule has 2 unspecified atom stereocenters. The highest BCUT2D eigenvalue weighted by molar-refractivity contribution is 8.00. The summed E-state index contributed by atoms with van der Waals surface area (Å²) >= 11 is 7.83. The van der Waals surface area contributed by atoms with Crippen LogP contribution in [-0.2, 0) is 4.79 Å². The van der Waals surface area contributed by atoms with E-state index >= 15 is 0 Å². The fraction of sp³-hybridized carbons (Fsp3) is 0.333. The van der Waals surface area contributed by atoms with Crippen LogP contribution < -0.4 is 10.1 Å². The minimum absolute atomic E-state index is 0.0426. The highest BCUT2D eigenvalue weighted by Crippen LogP contribution is 2.39. The maximum absolute atomic E-state index is 12.5. The molecule has 1 N–H and O–H groups in total. The van der Waals surface area contributed by atoms with Gasteiger partial charge in [0.15, 0.2) is 0 Å². The van der Waals surface area contributed by atoms with Gasteiger partial charge in [0.2, 0.25) is 5.91 Å². The second kappa shape index (κ2) is 9.79. The third kappa shape index (κ3) is 5.08. The van der Waals surface area contributed by atoms with Gasteiger partial charge in [-0.3, -0.25) is 9.78 Å². The van der Waals surface area contributed by atoms with Crippen molar-refractivity contribution in [3.63, 3.8) is 0 Å². The zero-order valence-corrected chi connectivity index (χ0v) is 19.2. The van der Waals surface area contributed by atoms with Crippen LogP contribution in [-0.4, -0.2) is 41.2 Å². The van der Waals surface area contributed by atoms with E-state index < -0.39 is 0 Å². The smallest absolute Gasteiger partial charge is 0.233 e. The summed E-state index contributed by atoms with van der Waals surface area (Å²) in [5.41, 5.74) is 2.98. The first-order valence-corrected chi connectivity index (χ1v) is 11.8. The fourth-order valence-corrected chi connectivity index (χ4v) is 5.34. The number of halogens is 1. The van der Waals surface area contributed by atoms with Crippen LogP contribution in [0, 0.1) is 0 Å². The number of hydrogen-bond donors (Lipinski definition) is 1. The monoisotopic (exact) mass is 455 g/mol. The first kappa shape index (κ1) is 21.8. The number of ether oxygens (including phenoxy) is 1. The lowest BCUT2D eigenvalue weighted by molar-refractivity contribution is -0.128. The molecule has 31 heavy (non-hydrogen) atoms. The van der Waals surface area contributed by atoms with Crippen molar-refractivity contribution in [1.82, 2.24) is 9.88 Å². The molecule has 1 aromatic heterocycles. The molecule has 2 heterocycles. The van der Waals surface area contributed by atoms with E-state index in [1.807, 2.05) is 53.4 Å². The molecule has 0 saturated carbocycles. The van der Waals surface area contributed by atoms with Gasteiger partial charge in [-0.05, 0) is 49.6 Å². The van der Waals surface area contributed by atoms with E-state index in [-0.39, 0.29) is 17.3 Å². The molecule has 162 valence electrons.